The number of rotatable bonds is 0. The van der Waals surface area contributed by atoms with E-state index in [-0.39, 0.29) is 0 Å². The molecule has 80 valence electrons. The van der Waals surface area contributed by atoms with Crippen LogP contribution in [0.2, 0.25) is 0 Å². The number of fused-ring (bicyclic) bond motifs is 2. The third-order valence-corrected chi connectivity index (χ3v) is 3.82. The number of hydrogen-bond donors (Lipinski definition) is 1. The van der Waals surface area contributed by atoms with Crippen LogP contribution in [0.15, 0.2) is 46.9 Å². The van der Waals surface area contributed by atoms with Crippen LogP contribution in [0.4, 0.5) is 5.69 Å². The minimum Gasteiger partial charge on any atom is -0.381 e. The van der Waals surface area contributed by atoms with Gasteiger partial charge in [0.25, 0.3) is 0 Å². The lowest BCUT2D eigenvalue weighted by Crippen LogP contribution is -1.98. The van der Waals surface area contributed by atoms with Crippen molar-refractivity contribution in [2.24, 2.45) is 0 Å². The van der Waals surface area contributed by atoms with Crippen molar-refractivity contribution >= 4 is 21.6 Å². The zero-order valence-electron chi connectivity index (χ0n) is 8.83. The molecule has 1 N–H and O–H groups in total. The molecule has 0 unspecified atom stereocenters. The van der Waals surface area contributed by atoms with Crippen molar-refractivity contribution in [3.05, 3.63) is 63.6 Å². The van der Waals surface area contributed by atoms with Crippen molar-refractivity contribution in [1.82, 2.24) is 0 Å². The van der Waals surface area contributed by atoms with Crippen LogP contribution in [0.3, 0.4) is 0 Å². The zero-order chi connectivity index (χ0) is 11.0. The Morgan fingerprint density at radius 2 is 1.75 bits per heavy atom. The molecular weight excluding hydrogens is 262 g/mol. The van der Waals surface area contributed by atoms with Crippen LogP contribution >= 0.6 is 15.9 Å². The SMILES string of the molecule is Brc1cccc2c1Cc1ccccc1CN2. The van der Waals surface area contributed by atoms with Gasteiger partial charge in [0.15, 0.2) is 0 Å². The molecule has 0 aromatic heterocycles. The Morgan fingerprint density at radius 3 is 2.62 bits per heavy atom. The summed E-state index contributed by atoms with van der Waals surface area (Å²) in [6, 6.07) is 15.0. The highest BCUT2D eigenvalue weighted by Gasteiger charge is 2.13. The smallest absolute Gasteiger partial charge is 0.0403 e. The highest BCUT2D eigenvalue weighted by molar-refractivity contribution is 9.10. The molecule has 2 aromatic carbocycles. The molecule has 0 saturated carbocycles. The lowest BCUT2D eigenvalue weighted by Gasteiger charge is -2.08. The molecule has 1 aliphatic rings. The third-order valence-electron chi connectivity index (χ3n) is 3.07. The van der Waals surface area contributed by atoms with Crippen LogP contribution in [0.25, 0.3) is 0 Å². The first-order valence-electron chi connectivity index (χ1n) is 5.42. The van der Waals surface area contributed by atoms with Gasteiger partial charge in [0.1, 0.15) is 0 Å². The Kier molecular flexibility index (Phi) is 2.44. The molecule has 0 bridgehead atoms. The van der Waals surface area contributed by atoms with Gasteiger partial charge in [0.2, 0.25) is 0 Å². The maximum atomic E-state index is 3.63. The van der Waals surface area contributed by atoms with Crippen molar-refractivity contribution in [3.8, 4) is 0 Å². The molecule has 0 saturated heterocycles. The summed E-state index contributed by atoms with van der Waals surface area (Å²) < 4.78 is 1.19. The standard InChI is InChI=1S/C14H12BrN/c15-13-6-3-7-14-12(13)8-10-4-1-2-5-11(10)9-16-14/h1-7,16H,8-9H2. The van der Waals surface area contributed by atoms with E-state index in [0.29, 0.717) is 0 Å². The van der Waals surface area contributed by atoms with E-state index >= 15 is 0 Å². The molecule has 3 rings (SSSR count). The fraction of sp³-hybridized carbons (Fsp3) is 0.143. The van der Waals surface area contributed by atoms with Crippen molar-refractivity contribution in [3.63, 3.8) is 0 Å². The van der Waals surface area contributed by atoms with Crippen molar-refractivity contribution in [2.75, 3.05) is 5.32 Å². The molecule has 1 heterocycles. The zero-order valence-corrected chi connectivity index (χ0v) is 10.4. The lowest BCUT2D eigenvalue weighted by atomic mass is 10.0. The van der Waals surface area contributed by atoms with Crippen molar-refractivity contribution < 1.29 is 0 Å². The van der Waals surface area contributed by atoms with E-state index in [4.69, 9.17) is 0 Å². The molecule has 0 amide bonds. The van der Waals surface area contributed by atoms with Crippen LogP contribution in [-0.2, 0) is 13.0 Å². The second-order valence-electron chi connectivity index (χ2n) is 4.06. The van der Waals surface area contributed by atoms with Gasteiger partial charge in [0.05, 0.1) is 0 Å². The van der Waals surface area contributed by atoms with E-state index in [0.717, 1.165) is 13.0 Å². The van der Waals surface area contributed by atoms with Crippen LogP contribution in [0, 0.1) is 0 Å². The summed E-state index contributed by atoms with van der Waals surface area (Å²) >= 11 is 3.63. The molecule has 0 atom stereocenters. The first-order valence-corrected chi connectivity index (χ1v) is 6.22. The largest absolute Gasteiger partial charge is 0.381 e. The summed E-state index contributed by atoms with van der Waals surface area (Å²) in [4.78, 5) is 0. The highest BCUT2D eigenvalue weighted by Crippen LogP contribution is 2.31. The normalized spacial score (nSPS) is 13.3. The first kappa shape index (κ1) is 9.91. The number of anilines is 1. The van der Waals surface area contributed by atoms with Gasteiger partial charge in [0, 0.05) is 23.1 Å². The summed E-state index contributed by atoms with van der Waals surface area (Å²) in [5, 5.41) is 3.49. The molecule has 1 nitrogen and oxygen atoms in total. The van der Waals surface area contributed by atoms with Gasteiger partial charge in [-0.1, -0.05) is 46.3 Å². The summed E-state index contributed by atoms with van der Waals surface area (Å²) in [7, 11) is 0. The Labute approximate surface area is 104 Å². The minimum absolute atomic E-state index is 0.916. The Bertz CT molecular complexity index is 534. The third kappa shape index (κ3) is 1.63. The number of halogens is 1. The van der Waals surface area contributed by atoms with Crippen LogP contribution in [0.1, 0.15) is 16.7 Å². The minimum atomic E-state index is 0.916. The fourth-order valence-electron chi connectivity index (χ4n) is 2.19. The van der Waals surface area contributed by atoms with Gasteiger partial charge in [-0.15, -0.1) is 0 Å². The maximum absolute atomic E-state index is 3.63. The molecule has 0 fully saturated rings. The van der Waals surface area contributed by atoms with E-state index in [1.807, 2.05) is 0 Å². The molecule has 0 aliphatic carbocycles. The van der Waals surface area contributed by atoms with Crippen LogP contribution in [0.5, 0.6) is 0 Å². The summed E-state index contributed by atoms with van der Waals surface area (Å²) in [6.45, 7) is 0.916. The van der Waals surface area contributed by atoms with Crippen LogP contribution in [-0.4, -0.2) is 0 Å². The van der Waals surface area contributed by atoms with Gasteiger partial charge in [-0.25, -0.2) is 0 Å². The first-order chi connectivity index (χ1) is 7.84. The molecule has 0 spiro atoms. The summed E-state index contributed by atoms with van der Waals surface area (Å²) in [6.07, 6.45) is 1.000. The van der Waals surface area contributed by atoms with E-state index in [2.05, 4.69) is 63.7 Å². The predicted molar refractivity (Wildman–Crippen MR) is 70.7 cm³/mol. The van der Waals surface area contributed by atoms with E-state index in [9.17, 15) is 0 Å². The summed E-state index contributed by atoms with van der Waals surface area (Å²) in [5.74, 6) is 0. The predicted octanol–water partition coefficient (Wildman–Crippen LogP) is 3.97. The average molecular weight is 274 g/mol. The van der Waals surface area contributed by atoms with E-state index in [1.165, 1.54) is 26.9 Å². The second-order valence-corrected chi connectivity index (χ2v) is 4.92. The average Bonchev–Trinajstić information content (AvgIpc) is 2.50. The second kappa shape index (κ2) is 3.95. The fourth-order valence-corrected chi connectivity index (χ4v) is 2.69. The lowest BCUT2D eigenvalue weighted by molar-refractivity contribution is 1.12. The Balaban J connectivity index is 2.13. The topological polar surface area (TPSA) is 12.0 Å². The van der Waals surface area contributed by atoms with Crippen molar-refractivity contribution in [1.29, 1.82) is 0 Å². The molecule has 2 aromatic rings. The van der Waals surface area contributed by atoms with Crippen LogP contribution < -0.4 is 5.32 Å². The number of hydrogen-bond acceptors (Lipinski definition) is 1. The molecule has 1 aliphatic heterocycles. The number of benzene rings is 2. The van der Waals surface area contributed by atoms with Gasteiger partial charge >= 0.3 is 0 Å². The highest BCUT2D eigenvalue weighted by atomic mass is 79.9. The molecular formula is C14H12BrN. The Morgan fingerprint density at radius 1 is 0.938 bits per heavy atom. The molecule has 16 heavy (non-hydrogen) atoms. The molecule has 0 radical (unpaired) electrons. The monoisotopic (exact) mass is 273 g/mol. The number of nitrogens with one attached hydrogen (secondary N) is 1. The van der Waals surface area contributed by atoms with Crippen molar-refractivity contribution in [2.45, 2.75) is 13.0 Å². The van der Waals surface area contributed by atoms with Gasteiger partial charge in [-0.05, 0) is 28.8 Å². The summed E-state index contributed by atoms with van der Waals surface area (Å²) in [5.41, 5.74) is 5.41. The van der Waals surface area contributed by atoms with Gasteiger partial charge in [-0.2, -0.15) is 0 Å². The van der Waals surface area contributed by atoms with Gasteiger partial charge < -0.3 is 5.32 Å². The Hall–Kier alpha value is -1.28. The van der Waals surface area contributed by atoms with E-state index < -0.39 is 0 Å². The van der Waals surface area contributed by atoms with E-state index in [1.54, 1.807) is 0 Å². The molecule has 2 heteroatoms. The maximum Gasteiger partial charge on any atom is 0.0403 e. The van der Waals surface area contributed by atoms with Gasteiger partial charge in [-0.3, -0.25) is 0 Å². The quantitative estimate of drug-likeness (QED) is 0.766.